The van der Waals surface area contributed by atoms with E-state index in [0.29, 0.717) is 38.0 Å². The molecule has 9 nitrogen and oxygen atoms in total. The van der Waals surface area contributed by atoms with Crippen molar-refractivity contribution in [3.05, 3.63) is 18.0 Å². The fourth-order valence-corrected chi connectivity index (χ4v) is 4.67. The van der Waals surface area contributed by atoms with Gasteiger partial charge in [-0.25, -0.2) is 14.6 Å². The average molecular weight is 434 g/mol. The van der Waals surface area contributed by atoms with Crippen molar-refractivity contribution in [2.45, 2.75) is 58.6 Å². The molecule has 0 unspecified atom stereocenters. The molecule has 1 saturated heterocycles. The van der Waals surface area contributed by atoms with Crippen LogP contribution >= 0.6 is 0 Å². The molecule has 2 aliphatic rings. The minimum absolute atomic E-state index is 0.0444. The second-order valence-corrected chi connectivity index (χ2v) is 9.46. The molecule has 0 radical (unpaired) electrons. The summed E-state index contributed by atoms with van der Waals surface area (Å²) in [5.74, 6) is -0.794. The number of nitrogens with one attached hydrogen (secondary N) is 1. The number of anilines is 1. The molecule has 2 atom stereocenters. The summed E-state index contributed by atoms with van der Waals surface area (Å²) in [4.78, 5) is 43.1. The molecular formula is C22H31N3O6. The van der Waals surface area contributed by atoms with Crippen molar-refractivity contribution < 1.29 is 29.0 Å². The minimum atomic E-state index is -0.626. The predicted octanol–water partition coefficient (Wildman–Crippen LogP) is 2.66. The van der Waals surface area contributed by atoms with Crippen LogP contribution in [0.25, 0.3) is 0 Å². The standard InChI is InChI=1S/C22H31N3O6/c1-13-16(27)11-22(18(13)24-20(29)31-21(2,3)4)6-8-25(9-7-22)15-10-14(26)12-23-17(15)19(28)30-5/h10,12-13,18,26H,6-9,11H2,1-5H3,(H,24,29)/t13-,18+/m1/s1. The third-order valence-electron chi connectivity index (χ3n) is 6.20. The fourth-order valence-electron chi connectivity index (χ4n) is 4.67. The van der Waals surface area contributed by atoms with E-state index in [-0.39, 0.29) is 34.6 Å². The van der Waals surface area contributed by atoms with E-state index < -0.39 is 17.7 Å². The molecule has 1 aliphatic carbocycles. The van der Waals surface area contributed by atoms with E-state index in [0.717, 1.165) is 0 Å². The first-order chi connectivity index (χ1) is 14.5. The monoisotopic (exact) mass is 433 g/mol. The summed E-state index contributed by atoms with van der Waals surface area (Å²) in [6.07, 6.45) is 2.36. The number of ketones is 1. The van der Waals surface area contributed by atoms with Crippen LogP contribution < -0.4 is 10.2 Å². The molecule has 9 heteroatoms. The van der Waals surface area contributed by atoms with E-state index in [1.54, 1.807) is 20.8 Å². The lowest BCUT2D eigenvalue weighted by Crippen LogP contribution is -2.53. The maximum Gasteiger partial charge on any atom is 0.407 e. The lowest BCUT2D eigenvalue weighted by molar-refractivity contribution is -0.120. The Labute approximate surface area is 182 Å². The molecule has 1 aliphatic heterocycles. The molecule has 0 aromatic carbocycles. The van der Waals surface area contributed by atoms with Crippen LogP contribution in [0.5, 0.6) is 5.75 Å². The Hall–Kier alpha value is -2.84. The van der Waals surface area contributed by atoms with E-state index in [1.165, 1.54) is 19.4 Å². The lowest BCUT2D eigenvalue weighted by atomic mass is 9.73. The summed E-state index contributed by atoms with van der Waals surface area (Å²) in [7, 11) is 1.28. The van der Waals surface area contributed by atoms with E-state index in [4.69, 9.17) is 9.47 Å². The van der Waals surface area contributed by atoms with Gasteiger partial charge in [0, 0.05) is 43.0 Å². The summed E-state index contributed by atoms with van der Waals surface area (Å²) >= 11 is 0. The number of piperidine rings is 1. The first-order valence-corrected chi connectivity index (χ1v) is 10.5. The highest BCUT2D eigenvalue weighted by molar-refractivity contribution is 5.94. The SMILES string of the molecule is COC(=O)c1ncc(O)cc1N1CCC2(CC1)CC(=O)[C@@H](C)[C@@H]2NC(=O)OC(C)(C)C. The van der Waals surface area contributed by atoms with Crippen LogP contribution in [0.3, 0.4) is 0 Å². The molecule has 1 aromatic rings. The van der Waals surface area contributed by atoms with Gasteiger partial charge in [-0.1, -0.05) is 6.92 Å². The maximum absolute atomic E-state index is 12.6. The smallest absolute Gasteiger partial charge is 0.407 e. The highest BCUT2D eigenvalue weighted by Gasteiger charge is 2.53. The zero-order valence-corrected chi connectivity index (χ0v) is 18.7. The molecule has 1 saturated carbocycles. The molecule has 31 heavy (non-hydrogen) atoms. The van der Waals surface area contributed by atoms with Gasteiger partial charge in [0.1, 0.15) is 17.1 Å². The first-order valence-electron chi connectivity index (χ1n) is 10.5. The zero-order chi connectivity index (χ0) is 23.0. The molecule has 0 bridgehead atoms. The number of aromatic nitrogens is 1. The molecule has 2 fully saturated rings. The molecular weight excluding hydrogens is 402 g/mol. The summed E-state index contributed by atoms with van der Waals surface area (Å²) in [6.45, 7) is 8.33. The first kappa shape index (κ1) is 22.8. The number of ether oxygens (including phenoxy) is 2. The van der Waals surface area contributed by atoms with Crippen LogP contribution in [0.15, 0.2) is 12.3 Å². The van der Waals surface area contributed by atoms with Crippen molar-refractivity contribution in [3.63, 3.8) is 0 Å². The number of methoxy groups -OCH3 is 1. The van der Waals surface area contributed by atoms with E-state index in [1.807, 2.05) is 11.8 Å². The van der Waals surface area contributed by atoms with Crippen molar-refractivity contribution >= 4 is 23.5 Å². The topological polar surface area (TPSA) is 118 Å². The molecule has 170 valence electrons. The van der Waals surface area contributed by atoms with Crippen LogP contribution in [0.4, 0.5) is 10.5 Å². The molecule has 1 aromatic heterocycles. The second kappa shape index (κ2) is 8.36. The fraction of sp³-hybridized carbons (Fsp3) is 0.636. The highest BCUT2D eigenvalue weighted by Crippen LogP contribution is 2.48. The van der Waals surface area contributed by atoms with Gasteiger partial charge in [0.25, 0.3) is 0 Å². The number of hydrogen-bond donors (Lipinski definition) is 2. The third-order valence-corrected chi connectivity index (χ3v) is 6.20. The number of Topliss-reactive ketones (excluding diaryl/α,β-unsaturated/α-hetero) is 1. The van der Waals surface area contributed by atoms with Gasteiger partial charge in [-0.15, -0.1) is 0 Å². The Balaban J connectivity index is 1.79. The van der Waals surface area contributed by atoms with Crippen molar-refractivity contribution in [1.82, 2.24) is 10.3 Å². The van der Waals surface area contributed by atoms with Gasteiger partial charge in [-0.2, -0.15) is 0 Å². The van der Waals surface area contributed by atoms with Crippen molar-refractivity contribution in [2.24, 2.45) is 11.3 Å². The number of carbonyl (C=O) groups is 3. The number of amides is 1. The van der Waals surface area contributed by atoms with Gasteiger partial charge >= 0.3 is 12.1 Å². The Kier molecular flexibility index (Phi) is 6.16. The largest absolute Gasteiger partial charge is 0.506 e. The number of aromatic hydroxyl groups is 1. The van der Waals surface area contributed by atoms with Crippen LogP contribution in [0.1, 0.15) is 57.4 Å². The maximum atomic E-state index is 12.6. The van der Waals surface area contributed by atoms with Crippen LogP contribution in [0, 0.1) is 11.3 Å². The normalized spacial score (nSPS) is 23.0. The summed E-state index contributed by atoms with van der Waals surface area (Å²) < 4.78 is 10.2. The van der Waals surface area contributed by atoms with Gasteiger partial charge in [0.2, 0.25) is 0 Å². The summed E-state index contributed by atoms with van der Waals surface area (Å²) in [5.41, 5.74) is -0.371. The molecule has 2 heterocycles. The Morgan fingerprint density at radius 2 is 1.94 bits per heavy atom. The second-order valence-electron chi connectivity index (χ2n) is 9.46. The Bertz CT molecular complexity index is 870. The number of alkyl carbamates (subject to hydrolysis) is 1. The van der Waals surface area contributed by atoms with Gasteiger partial charge in [0.05, 0.1) is 19.0 Å². The predicted molar refractivity (Wildman–Crippen MR) is 113 cm³/mol. The molecule has 1 spiro atoms. The Morgan fingerprint density at radius 1 is 1.29 bits per heavy atom. The summed E-state index contributed by atoms with van der Waals surface area (Å²) in [5, 5.41) is 12.8. The molecule has 3 rings (SSSR count). The number of esters is 1. The third kappa shape index (κ3) is 4.75. The molecule has 2 N–H and O–H groups in total. The number of nitrogens with zero attached hydrogens (tertiary/aromatic N) is 2. The van der Waals surface area contributed by atoms with Gasteiger partial charge in [-0.3, -0.25) is 4.79 Å². The van der Waals surface area contributed by atoms with Crippen molar-refractivity contribution in [3.8, 4) is 5.75 Å². The minimum Gasteiger partial charge on any atom is -0.506 e. The van der Waals surface area contributed by atoms with Crippen LogP contribution in [0.2, 0.25) is 0 Å². The van der Waals surface area contributed by atoms with Crippen LogP contribution in [-0.2, 0) is 14.3 Å². The molecule has 1 amide bonds. The van der Waals surface area contributed by atoms with E-state index in [2.05, 4.69) is 10.3 Å². The zero-order valence-electron chi connectivity index (χ0n) is 18.7. The number of hydrogen-bond acceptors (Lipinski definition) is 8. The lowest BCUT2D eigenvalue weighted by Gasteiger charge is -2.44. The number of rotatable bonds is 3. The van der Waals surface area contributed by atoms with Crippen molar-refractivity contribution in [1.29, 1.82) is 0 Å². The van der Waals surface area contributed by atoms with Gasteiger partial charge in [0.15, 0.2) is 5.69 Å². The highest BCUT2D eigenvalue weighted by atomic mass is 16.6. The van der Waals surface area contributed by atoms with Crippen LogP contribution in [-0.4, -0.2) is 59.8 Å². The van der Waals surface area contributed by atoms with E-state index >= 15 is 0 Å². The van der Waals surface area contributed by atoms with E-state index in [9.17, 15) is 19.5 Å². The Morgan fingerprint density at radius 3 is 2.52 bits per heavy atom. The number of pyridine rings is 1. The van der Waals surface area contributed by atoms with Gasteiger partial charge in [-0.05, 0) is 33.6 Å². The number of carbonyl (C=O) groups excluding carboxylic acids is 3. The quantitative estimate of drug-likeness (QED) is 0.699. The summed E-state index contributed by atoms with van der Waals surface area (Å²) in [6, 6.07) is 1.18. The average Bonchev–Trinajstić information content (AvgIpc) is 2.90. The van der Waals surface area contributed by atoms with Crippen molar-refractivity contribution in [2.75, 3.05) is 25.1 Å². The van der Waals surface area contributed by atoms with Gasteiger partial charge < -0.3 is 24.8 Å².